The highest BCUT2D eigenvalue weighted by molar-refractivity contribution is 5.88. The summed E-state index contributed by atoms with van der Waals surface area (Å²) in [5, 5.41) is 2.66. The minimum Gasteiger partial charge on any atom is -0.0836 e. The van der Waals surface area contributed by atoms with E-state index in [0.717, 1.165) is 12.8 Å². The number of hydrogen-bond acceptors (Lipinski definition) is 0. The third kappa shape index (κ3) is 5.25. The second-order valence-electron chi connectivity index (χ2n) is 13.6. The second kappa shape index (κ2) is 12.4. The van der Waals surface area contributed by atoms with Crippen molar-refractivity contribution in [1.29, 1.82) is 0 Å². The summed E-state index contributed by atoms with van der Waals surface area (Å²) in [6.45, 7) is 2.14. The van der Waals surface area contributed by atoms with Gasteiger partial charge in [-0.1, -0.05) is 175 Å². The molecule has 9 rings (SSSR count). The van der Waals surface area contributed by atoms with E-state index in [2.05, 4.69) is 183 Å². The number of allylic oxidation sites excluding steroid dienone is 5. The molecule has 0 fully saturated rings. The minimum absolute atomic E-state index is 0.223. The van der Waals surface area contributed by atoms with E-state index in [1.807, 2.05) is 0 Å². The predicted molar refractivity (Wildman–Crippen MR) is 207 cm³/mol. The number of rotatable bonds is 5. The van der Waals surface area contributed by atoms with Crippen molar-refractivity contribution in [2.24, 2.45) is 11.8 Å². The standard InChI is InChI=1S/C49H38/c1-33-24-26-34(27-25-33)35-28-30-37(31-29-35)41-17-4-5-18-43(41)49-46-21-8-6-19-44(46)48(45-20-7-9-22-47(45)49)39-15-10-14-38(32-39)42-23-11-13-36-12-2-3-16-40(36)42/h2,4-15,17-32,44,46H,3,16H2,1H3. The molecule has 2 atom stereocenters. The van der Waals surface area contributed by atoms with Crippen LogP contribution in [0.15, 0.2) is 170 Å². The second-order valence-corrected chi connectivity index (χ2v) is 13.6. The Morgan fingerprint density at radius 2 is 1.06 bits per heavy atom. The quantitative estimate of drug-likeness (QED) is 0.179. The normalized spacial score (nSPS) is 17.4. The number of benzene rings is 6. The smallest absolute Gasteiger partial charge is 0.0137 e. The van der Waals surface area contributed by atoms with Crippen molar-refractivity contribution in [1.82, 2.24) is 0 Å². The zero-order chi connectivity index (χ0) is 32.7. The number of hydrogen-bond donors (Lipinski definition) is 0. The topological polar surface area (TPSA) is 0 Å². The lowest BCUT2D eigenvalue weighted by Crippen LogP contribution is -2.40. The molecule has 49 heavy (non-hydrogen) atoms. The van der Waals surface area contributed by atoms with Crippen LogP contribution in [0.25, 0.3) is 50.6 Å². The van der Waals surface area contributed by atoms with E-state index in [1.165, 1.54) is 82.8 Å². The molecule has 0 saturated heterocycles. The highest BCUT2D eigenvalue weighted by Gasteiger charge is 2.32. The Balaban J connectivity index is 1.22. The fourth-order valence-electron chi connectivity index (χ4n) is 8.30. The third-order valence-corrected chi connectivity index (χ3v) is 10.7. The lowest BCUT2D eigenvalue weighted by molar-refractivity contribution is 0.686. The van der Waals surface area contributed by atoms with E-state index >= 15 is 0 Å². The van der Waals surface area contributed by atoms with Crippen molar-refractivity contribution in [2.75, 3.05) is 0 Å². The summed E-state index contributed by atoms with van der Waals surface area (Å²) in [7, 11) is 0. The summed E-state index contributed by atoms with van der Waals surface area (Å²) >= 11 is 0. The average Bonchev–Trinajstić information content (AvgIpc) is 3.17. The molecule has 6 aromatic carbocycles. The Bertz CT molecular complexity index is 2430. The molecule has 0 spiro atoms. The molecular formula is C49H38. The molecule has 234 valence electrons. The van der Waals surface area contributed by atoms with Crippen molar-refractivity contribution >= 4 is 17.2 Å². The van der Waals surface area contributed by atoms with Crippen LogP contribution in [-0.2, 0) is 6.42 Å². The van der Waals surface area contributed by atoms with Gasteiger partial charge >= 0.3 is 0 Å². The molecule has 0 radical (unpaired) electrons. The van der Waals surface area contributed by atoms with Crippen LogP contribution in [0.2, 0.25) is 0 Å². The van der Waals surface area contributed by atoms with Gasteiger partial charge in [0.15, 0.2) is 0 Å². The largest absolute Gasteiger partial charge is 0.0836 e. The SMILES string of the molecule is Cc1ccc(-c2ccc(-c3ccccc3C3=c4ccccc4=C(c4cccc(-c5cccc6c5CCC=C6)c4)C4C=CC=CC34)cc2)cc1. The Labute approximate surface area is 289 Å². The molecule has 0 N–H and O–H groups in total. The average molecular weight is 627 g/mol. The van der Waals surface area contributed by atoms with Gasteiger partial charge in [-0.25, -0.2) is 0 Å². The Kier molecular flexibility index (Phi) is 7.43. The van der Waals surface area contributed by atoms with E-state index in [0.29, 0.717) is 0 Å². The molecule has 0 heterocycles. The maximum absolute atomic E-state index is 2.44. The number of fused-ring (bicyclic) bond motifs is 3. The molecule has 0 saturated carbocycles. The van der Waals surface area contributed by atoms with Gasteiger partial charge in [-0.3, -0.25) is 0 Å². The van der Waals surface area contributed by atoms with Crippen LogP contribution in [0, 0.1) is 18.8 Å². The summed E-state index contributed by atoms with van der Waals surface area (Å²) in [4.78, 5) is 0. The number of aryl methyl sites for hydroxylation is 1. The van der Waals surface area contributed by atoms with Gasteiger partial charge in [0.25, 0.3) is 0 Å². The molecule has 3 aliphatic rings. The van der Waals surface area contributed by atoms with Crippen LogP contribution in [-0.4, -0.2) is 0 Å². The molecule has 0 amide bonds. The van der Waals surface area contributed by atoms with Gasteiger partial charge in [-0.15, -0.1) is 0 Å². The van der Waals surface area contributed by atoms with Gasteiger partial charge in [0.2, 0.25) is 0 Å². The lowest BCUT2D eigenvalue weighted by Gasteiger charge is -2.34. The Morgan fingerprint density at radius 1 is 0.469 bits per heavy atom. The van der Waals surface area contributed by atoms with Crippen molar-refractivity contribution in [3.63, 3.8) is 0 Å². The molecule has 0 aromatic heterocycles. The first kappa shape index (κ1) is 29.4. The van der Waals surface area contributed by atoms with E-state index < -0.39 is 0 Å². The molecule has 0 aliphatic heterocycles. The summed E-state index contributed by atoms with van der Waals surface area (Å²) < 4.78 is 0. The Hall–Kier alpha value is -5.72. The monoisotopic (exact) mass is 626 g/mol. The van der Waals surface area contributed by atoms with E-state index in [9.17, 15) is 0 Å². The third-order valence-electron chi connectivity index (χ3n) is 10.7. The molecule has 0 bridgehead atoms. The molecule has 0 nitrogen and oxygen atoms in total. The molecule has 3 aliphatic carbocycles. The van der Waals surface area contributed by atoms with Gasteiger partial charge in [0, 0.05) is 11.8 Å². The van der Waals surface area contributed by atoms with Gasteiger partial charge in [-0.2, -0.15) is 0 Å². The lowest BCUT2D eigenvalue weighted by atomic mass is 9.69. The van der Waals surface area contributed by atoms with Gasteiger partial charge < -0.3 is 0 Å². The first-order valence-corrected chi connectivity index (χ1v) is 17.6. The Morgan fingerprint density at radius 3 is 1.84 bits per heavy atom. The van der Waals surface area contributed by atoms with E-state index in [4.69, 9.17) is 0 Å². The van der Waals surface area contributed by atoms with Crippen molar-refractivity contribution < 1.29 is 0 Å². The highest BCUT2D eigenvalue weighted by Crippen LogP contribution is 2.43. The van der Waals surface area contributed by atoms with Crippen LogP contribution in [0.1, 0.15) is 34.2 Å². The van der Waals surface area contributed by atoms with Crippen molar-refractivity contribution in [3.05, 3.63) is 208 Å². The molecule has 2 unspecified atom stereocenters. The molecule has 0 heteroatoms. The first-order valence-electron chi connectivity index (χ1n) is 17.6. The van der Waals surface area contributed by atoms with Crippen LogP contribution >= 0.6 is 0 Å². The van der Waals surface area contributed by atoms with Gasteiger partial charge in [-0.05, 0) is 103 Å². The fourth-order valence-corrected chi connectivity index (χ4v) is 8.30. The van der Waals surface area contributed by atoms with Gasteiger partial charge in [0.05, 0.1) is 0 Å². The maximum atomic E-state index is 2.44. The molecule has 6 aromatic rings. The van der Waals surface area contributed by atoms with Crippen molar-refractivity contribution in [2.45, 2.75) is 19.8 Å². The zero-order valence-corrected chi connectivity index (χ0v) is 27.8. The minimum atomic E-state index is 0.223. The maximum Gasteiger partial charge on any atom is 0.0137 e. The van der Waals surface area contributed by atoms with Gasteiger partial charge in [0.1, 0.15) is 0 Å². The summed E-state index contributed by atoms with van der Waals surface area (Å²) in [5.74, 6) is 0.455. The van der Waals surface area contributed by atoms with E-state index in [1.54, 1.807) is 0 Å². The van der Waals surface area contributed by atoms with Crippen LogP contribution < -0.4 is 10.4 Å². The fraction of sp³-hybridized carbons (Fsp3) is 0.102. The summed E-state index contributed by atoms with van der Waals surface area (Å²) in [5.41, 5.74) is 17.2. The highest BCUT2D eigenvalue weighted by atomic mass is 14.4. The van der Waals surface area contributed by atoms with Crippen LogP contribution in [0.4, 0.5) is 0 Å². The zero-order valence-electron chi connectivity index (χ0n) is 27.8. The first-order chi connectivity index (χ1) is 24.2. The van der Waals surface area contributed by atoms with Crippen LogP contribution in [0.5, 0.6) is 0 Å². The van der Waals surface area contributed by atoms with Crippen LogP contribution in [0.3, 0.4) is 0 Å². The van der Waals surface area contributed by atoms with E-state index in [-0.39, 0.29) is 11.8 Å². The van der Waals surface area contributed by atoms with Crippen molar-refractivity contribution in [3.8, 4) is 33.4 Å². The summed E-state index contributed by atoms with van der Waals surface area (Å²) in [6, 6.07) is 52.1. The summed E-state index contributed by atoms with van der Waals surface area (Å²) in [6.07, 6.45) is 16.1. The predicted octanol–water partition coefficient (Wildman–Crippen LogP) is 10.7. The molecular weight excluding hydrogens is 589 g/mol.